The van der Waals surface area contributed by atoms with Crippen LogP contribution in [0, 0.1) is 0 Å². The maximum absolute atomic E-state index is 11.8. The predicted octanol–water partition coefficient (Wildman–Crippen LogP) is -0.260. The Bertz CT molecular complexity index is 291. The molecule has 19 heavy (non-hydrogen) atoms. The Morgan fingerprint density at radius 2 is 2.00 bits per heavy atom. The van der Waals surface area contributed by atoms with Crippen LogP contribution in [0.4, 0.5) is 0 Å². The van der Waals surface area contributed by atoms with Gasteiger partial charge in [0.05, 0.1) is 13.2 Å². The van der Waals surface area contributed by atoms with E-state index in [1.54, 1.807) is 4.90 Å². The van der Waals surface area contributed by atoms with Gasteiger partial charge in [-0.2, -0.15) is 0 Å². The topological polar surface area (TPSA) is 70.7 Å². The van der Waals surface area contributed by atoms with Crippen molar-refractivity contribution in [2.75, 3.05) is 39.4 Å². The third-order valence-corrected chi connectivity index (χ3v) is 3.07. The van der Waals surface area contributed by atoms with E-state index in [-0.39, 0.29) is 17.9 Å². The van der Waals surface area contributed by atoms with Gasteiger partial charge in [0.25, 0.3) is 0 Å². The normalized spacial score (nSPS) is 17.1. The quantitative estimate of drug-likeness (QED) is 0.669. The molecule has 0 aromatic heterocycles. The third kappa shape index (κ3) is 6.54. The number of ether oxygens (including phenoxy) is 1. The maximum Gasteiger partial charge on any atom is 0.224 e. The van der Waals surface area contributed by atoms with E-state index in [2.05, 4.69) is 10.6 Å². The van der Waals surface area contributed by atoms with Crippen LogP contribution in [0.2, 0.25) is 0 Å². The van der Waals surface area contributed by atoms with Crippen molar-refractivity contribution in [3.05, 3.63) is 0 Å². The number of morpholine rings is 1. The zero-order chi connectivity index (χ0) is 14.1. The van der Waals surface area contributed by atoms with Crippen LogP contribution in [0.25, 0.3) is 0 Å². The molecule has 1 aliphatic rings. The van der Waals surface area contributed by atoms with Gasteiger partial charge >= 0.3 is 0 Å². The van der Waals surface area contributed by atoms with E-state index in [9.17, 15) is 9.59 Å². The molecule has 1 aliphatic heterocycles. The average molecular weight is 271 g/mol. The number of nitrogens with zero attached hydrogens (tertiary/aromatic N) is 1. The second-order valence-corrected chi connectivity index (χ2v) is 4.76. The summed E-state index contributed by atoms with van der Waals surface area (Å²) in [5.41, 5.74) is 0. The molecule has 1 heterocycles. The Morgan fingerprint density at radius 3 is 2.63 bits per heavy atom. The van der Waals surface area contributed by atoms with Crippen LogP contribution in [-0.4, -0.2) is 62.1 Å². The van der Waals surface area contributed by atoms with E-state index >= 15 is 0 Å². The van der Waals surface area contributed by atoms with Gasteiger partial charge in [0.1, 0.15) is 0 Å². The number of hydrogen-bond donors (Lipinski definition) is 2. The van der Waals surface area contributed by atoms with Crippen LogP contribution in [0.1, 0.15) is 26.7 Å². The van der Waals surface area contributed by atoms with E-state index in [4.69, 9.17) is 4.74 Å². The highest BCUT2D eigenvalue weighted by Crippen LogP contribution is 1.99. The molecule has 1 rings (SSSR count). The van der Waals surface area contributed by atoms with Crippen LogP contribution in [-0.2, 0) is 14.3 Å². The van der Waals surface area contributed by atoms with Gasteiger partial charge in [-0.15, -0.1) is 0 Å². The van der Waals surface area contributed by atoms with Crippen LogP contribution in [0.5, 0.6) is 0 Å². The lowest BCUT2D eigenvalue weighted by molar-refractivity contribution is -0.135. The molecule has 0 aliphatic carbocycles. The summed E-state index contributed by atoms with van der Waals surface area (Å²) in [4.78, 5) is 25.2. The highest BCUT2D eigenvalue weighted by Gasteiger charge is 2.16. The summed E-state index contributed by atoms with van der Waals surface area (Å²) in [6.45, 7) is 7.78. The van der Waals surface area contributed by atoms with Gasteiger partial charge in [-0.05, 0) is 13.5 Å². The molecule has 6 nitrogen and oxygen atoms in total. The van der Waals surface area contributed by atoms with Crippen LogP contribution in [0.3, 0.4) is 0 Å². The second kappa shape index (κ2) is 8.87. The summed E-state index contributed by atoms with van der Waals surface area (Å²) in [6.07, 6.45) is 0.806. The summed E-state index contributed by atoms with van der Waals surface area (Å²) < 4.78 is 5.19. The standard InChI is InChI=1S/C13H25N3O3/c1-3-14-11(2)10-12(17)15-5-4-13(18)16-6-8-19-9-7-16/h11,14H,3-10H2,1-2H3,(H,15,17). The minimum Gasteiger partial charge on any atom is -0.378 e. The van der Waals surface area contributed by atoms with Crippen molar-refractivity contribution in [1.82, 2.24) is 15.5 Å². The van der Waals surface area contributed by atoms with Crippen molar-refractivity contribution in [1.29, 1.82) is 0 Å². The van der Waals surface area contributed by atoms with Gasteiger partial charge in [0, 0.05) is 38.5 Å². The van der Waals surface area contributed by atoms with Crippen LogP contribution < -0.4 is 10.6 Å². The van der Waals surface area contributed by atoms with E-state index in [0.29, 0.717) is 45.7 Å². The Labute approximate surface area is 114 Å². The van der Waals surface area contributed by atoms with Crippen molar-refractivity contribution in [3.63, 3.8) is 0 Å². The Kier molecular flexibility index (Phi) is 7.43. The lowest BCUT2D eigenvalue weighted by Gasteiger charge is -2.26. The summed E-state index contributed by atoms with van der Waals surface area (Å²) in [7, 11) is 0. The third-order valence-electron chi connectivity index (χ3n) is 3.07. The highest BCUT2D eigenvalue weighted by molar-refractivity contribution is 5.79. The number of rotatable bonds is 7. The Morgan fingerprint density at radius 1 is 1.32 bits per heavy atom. The molecule has 6 heteroatoms. The molecular weight excluding hydrogens is 246 g/mol. The van der Waals surface area contributed by atoms with E-state index < -0.39 is 0 Å². The van der Waals surface area contributed by atoms with Crippen molar-refractivity contribution in [2.24, 2.45) is 0 Å². The molecule has 2 amide bonds. The van der Waals surface area contributed by atoms with Crippen molar-refractivity contribution in [3.8, 4) is 0 Å². The van der Waals surface area contributed by atoms with Gasteiger partial charge in [0.2, 0.25) is 11.8 Å². The molecule has 0 bridgehead atoms. The van der Waals surface area contributed by atoms with Gasteiger partial charge in [-0.25, -0.2) is 0 Å². The average Bonchev–Trinajstić information content (AvgIpc) is 2.39. The van der Waals surface area contributed by atoms with Crippen LogP contribution >= 0.6 is 0 Å². The second-order valence-electron chi connectivity index (χ2n) is 4.76. The van der Waals surface area contributed by atoms with Gasteiger partial charge in [0.15, 0.2) is 0 Å². The summed E-state index contributed by atoms with van der Waals surface area (Å²) in [5, 5.41) is 5.96. The zero-order valence-electron chi connectivity index (χ0n) is 11.9. The molecule has 2 N–H and O–H groups in total. The summed E-state index contributed by atoms with van der Waals surface area (Å²) >= 11 is 0. The van der Waals surface area contributed by atoms with Crippen molar-refractivity contribution in [2.45, 2.75) is 32.7 Å². The molecule has 1 fully saturated rings. The Hall–Kier alpha value is -1.14. The van der Waals surface area contributed by atoms with Gasteiger partial charge < -0.3 is 20.3 Å². The van der Waals surface area contributed by atoms with E-state index in [1.807, 2.05) is 13.8 Å². The molecule has 0 aromatic rings. The number of carbonyl (C=O) groups excluding carboxylic acids is 2. The zero-order valence-corrected chi connectivity index (χ0v) is 11.9. The first kappa shape index (κ1) is 15.9. The van der Waals surface area contributed by atoms with Gasteiger partial charge in [-0.3, -0.25) is 9.59 Å². The van der Waals surface area contributed by atoms with E-state index in [0.717, 1.165) is 6.54 Å². The lowest BCUT2D eigenvalue weighted by atomic mass is 10.2. The van der Waals surface area contributed by atoms with Gasteiger partial charge in [-0.1, -0.05) is 6.92 Å². The lowest BCUT2D eigenvalue weighted by Crippen LogP contribution is -2.42. The van der Waals surface area contributed by atoms with Crippen LogP contribution in [0.15, 0.2) is 0 Å². The molecule has 0 spiro atoms. The molecule has 0 aromatic carbocycles. The molecule has 0 saturated carbocycles. The predicted molar refractivity (Wildman–Crippen MR) is 72.8 cm³/mol. The number of carbonyl (C=O) groups is 2. The Balaban J connectivity index is 2.11. The summed E-state index contributed by atoms with van der Waals surface area (Å²) in [6, 6.07) is 0.167. The number of nitrogens with one attached hydrogen (secondary N) is 2. The fourth-order valence-corrected chi connectivity index (χ4v) is 2.05. The fraction of sp³-hybridized carbons (Fsp3) is 0.846. The first-order valence-corrected chi connectivity index (χ1v) is 6.99. The first-order valence-electron chi connectivity index (χ1n) is 6.99. The van der Waals surface area contributed by atoms with Crippen molar-refractivity contribution < 1.29 is 14.3 Å². The maximum atomic E-state index is 11.8. The minimum absolute atomic E-state index is 0.0109. The molecule has 1 saturated heterocycles. The van der Waals surface area contributed by atoms with Crippen molar-refractivity contribution >= 4 is 11.8 Å². The highest BCUT2D eigenvalue weighted by atomic mass is 16.5. The smallest absolute Gasteiger partial charge is 0.224 e. The monoisotopic (exact) mass is 271 g/mol. The molecule has 0 radical (unpaired) electrons. The molecule has 110 valence electrons. The summed E-state index contributed by atoms with van der Waals surface area (Å²) in [5.74, 6) is 0.0755. The minimum atomic E-state index is -0.0109. The molecular formula is C13H25N3O3. The first-order chi connectivity index (χ1) is 9.13. The molecule has 1 atom stereocenters. The van der Waals surface area contributed by atoms with E-state index in [1.165, 1.54) is 0 Å². The molecule has 1 unspecified atom stereocenters. The largest absolute Gasteiger partial charge is 0.378 e. The fourth-order valence-electron chi connectivity index (χ4n) is 2.05. The number of amides is 2. The SMILES string of the molecule is CCNC(C)CC(=O)NCCC(=O)N1CCOCC1. The number of hydrogen-bond acceptors (Lipinski definition) is 4.